The van der Waals surface area contributed by atoms with E-state index in [-0.39, 0.29) is 6.04 Å². The number of rotatable bonds is 3. The predicted molar refractivity (Wildman–Crippen MR) is 106 cm³/mol. The zero-order valence-electron chi connectivity index (χ0n) is 15.0. The topological polar surface area (TPSA) is 51.4 Å². The fourth-order valence-electron chi connectivity index (χ4n) is 3.60. The minimum Gasteiger partial charge on any atom is -0.341 e. The van der Waals surface area contributed by atoms with Gasteiger partial charge >= 0.3 is 0 Å². The van der Waals surface area contributed by atoms with Crippen molar-refractivity contribution >= 4 is 22.7 Å². The first kappa shape index (κ1) is 16.6. The van der Waals surface area contributed by atoms with Crippen molar-refractivity contribution in [3.05, 3.63) is 65.5 Å². The van der Waals surface area contributed by atoms with Gasteiger partial charge in [-0.2, -0.15) is 0 Å². The van der Waals surface area contributed by atoms with E-state index in [0.29, 0.717) is 11.6 Å². The van der Waals surface area contributed by atoms with Gasteiger partial charge in [-0.25, -0.2) is 9.83 Å². The van der Waals surface area contributed by atoms with Crippen molar-refractivity contribution in [3.8, 4) is 0 Å². The van der Waals surface area contributed by atoms with Crippen LogP contribution in [-0.4, -0.2) is 28.7 Å². The Morgan fingerprint density at radius 2 is 1.96 bits per heavy atom. The number of piperidine rings is 1. The number of aromatic nitrogens is 2. The third kappa shape index (κ3) is 3.04. The minimum absolute atomic E-state index is 0.176. The summed E-state index contributed by atoms with van der Waals surface area (Å²) in [6.45, 7) is 11.9. The van der Waals surface area contributed by atoms with Crippen molar-refractivity contribution in [2.24, 2.45) is 11.7 Å². The number of hydrogen-bond donors (Lipinski definition) is 1. The highest BCUT2D eigenvalue weighted by Crippen LogP contribution is 2.27. The lowest BCUT2D eigenvalue weighted by Crippen LogP contribution is -2.48. The van der Waals surface area contributed by atoms with Crippen molar-refractivity contribution in [1.82, 2.24) is 9.55 Å². The molecule has 4 rings (SSSR count). The molecule has 0 aliphatic carbocycles. The molecule has 0 spiro atoms. The maximum atomic E-state index is 7.11. The number of fused-ring (bicyclic) bond motifs is 1. The van der Waals surface area contributed by atoms with Gasteiger partial charge in [-0.1, -0.05) is 43.3 Å². The molecule has 0 bridgehead atoms. The monoisotopic (exact) mass is 345 g/mol. The van der Waals surface area contributed by atoms with Crippen LogP contribution in [0.2, 0.25) is 0 Å². The van der Waals surface area contributed by atoms with Gasteiger partial charge in [0.25, 0.3) is 0 Å². The highest BCUT2D eigenvalue weighted by atomic mass is 15.3. The zero-order valence-corrected chi connectivity index (χ0v) is 15.0. The number of nitrogens with two attached hydrogens (primary N) is 1. The fraction of sp³-hybridized carbons (Fsp3) is 0.333. The lowest BCUT2D eigenvalue weighted by atomic mass is 9.94. The number of anilines is 1. The molecule has 2 aromatic carbocycles. The van der Waals surface area contributed by atoms with Gasteiger partial charge in [-0.15, -0.1) is 0 Å². The number of imidazole rings is 1. The molecule has 0 radical (unpaired) electrons. The Morgan fingerprint density at radius 1 is 1.19 bits per heavy atom. The lowest BCUT2D eigenvalue weighted by molar-refractivity contribution is 0.375. The average molecular weight is 345 g/mol. The first-order valence-corrected chi connectivity index (χ1v) is 9.08. The first-order valence-electron chi connectivity index (χ1n) is 9.08. The lowest BCUT2D eigenvalue weighted by Gasteiger charge is -2.36. The molecule has 132 valence electrons. The van der Waals surface area contributed by atoms with Crippen LogP contribution in [0.4, 0.5) is 11.6 Å². The highest BCUT2D eigenvalue weighted by molar-refractivity contribution is 5.79. The van der Waals surface area contributed by atoms with Gasteiger partial charge in [-0.3, -0.25) is 0 Å². The molecule has 26 heavy (non-hydrogen) atoms. The van der Waals surface area contributed by atoms with Crippen molar-refractivity contribution in [2.45, 2.75) is 25.9 Å². The SMILES string of the molecule is [C-]#[N+]c1ccc(Cn2c(N3CC[C@@H](C)[C@H](N)C3)nc3ccccc32)cc1. The Morgan fingerprint density at radius 3 is 2.69 bits per heavy atom. The second kappa shape index (κ2) is 6.81. The molecule has 3 aromatic rings. The van der Waals surface area contributed by atoms with E-state index in [9.17, 15) is 0 Å². The molecular weight excluding hydrogens is 322 g/mol. The maximum absolute atomic E-state index is 7.11. The van der Waals surface area contributed by atoms with Crippen LogP contribution in [0, 0.1) is 12.5 Å². The predicted octanol–water partition coefficient (Wildman–Crippen LogP) is 3.81. The Bertz CT molecular complexity index is 951. The van der Waals surface area contributed by atoms with Gasteiger partial charge in [0.2, 0.25) is 5.95 Å². The third-order valence-corrected chi connectivity index (χ3v) is 5.34. The molecule has 2 atom stereocenters. The molecule has 0 unspecified atom stereocenters. The van der Waals surface area contributed by atoms with Crippen molar-refractivity contribution in [1.29, 1.82) is 0 Å². The summed E-state index contributed by atoms with van der Waals surface area (Å²) in [6.07, 6.45) is 1.09. The Labute approximate surface area is 153 Å². The van der Waals surface area contributed by atoms with Gasteiger partial charge in [0.1, 0.15) is 0 Å². The molecule has 5 heteroatoms. The Balaban J connectivity index is 1.73. The molecule has 1 fully saturated rings. The highest BCUT2D eigenvalue weighted by Gasteiger charge is 2.26. The van der Waals surface area contributed by atoms with Crippen LogP contribution in [0.3, 0.4) is 0 Å². The van der Waals surface area contributed by atoms with Crippen molar-refractivity contribution in [3.63, 3.8) is 0 Å². The summed E-state index contributed by atoms with van der Waals surface area (Å²) in [7, 11) is 0. The van der Waals surface area contributed by atoms with E-state index in [2.05, 4.69) is 39.4 Å². The van der Waals surface area contributed by atoms with Gasteiger partial charge in [0, 0.05) is 19.1 Å². The molecule has 1 saturated heterocycles. The zero-order chi connectivity index (χ0) is 18.1. The number of nitrogens with zero attached hydrogens (tertiary/aromatic N) is 4. The van der Waals surface area contributed by atoms with E-state index in [1.54, 1.807) is 0 Å². The normalized spacial score (nSPS) is 20.3. The van der Waals surface area contributed by atoms with Crippen LogP contribution in [0.15, 0.2) is 48.5 Å². The smallest absolute Gasteiger partial charge is 0.206 e. The molecule has 1 aliphatic rings. The van der Waals surface area contributed by atoms with Gasteiger partial charge in [0.05, 0.1) is 24.2 Å². The summed E-state index contributed by atoms with van der Waals surface area (Å²) in [4.78, 5) is 10.7. The van der Waals surface area contributed by atoms with Crippen molar-refractivity contribution < 1.29 is 0 Å². The Kier molecular flexibility index (Phi) is 4.36. The average Bonchev–Trinajstić information content (AvgIpc) is 3.03. The van der Waals surface area contributed by atoms with E-state index in [4.69, 9.17) is 17.3 Å². The molecule has 2 heterocycles. The largest absolute Gasteiger partial charge is 0.341 e. The third-order valence-electron chi connectivity index (χ3n) is 5.34. The summed E-state index contributed by atoms with van der Waals surface area (Å²) in [5.41, 5.74) is 10.3. The maximum Gasteiger partial charge on any atom is 0.206 e. The quantitative estimate of drug-likeness (QED) is 0.735. The van der Waals surface area contributed by atoms with Crippen LogP contribution in [0.1, 0.15) is 18.9 Å². The molecule has 1 aliphatic heterocycles. The van der Waals surface area contributed by atoms with Crippen LogP contribution in [-0.2, 0) is 6.54 Å². The first-order chi connectivity index (χ1) is 12.7. The van der Waals surface area contributed by atoms with E-state index in [1.807, 2.05) is 30.3 Å². The molecule has 0 amide bonds. The van der Waals surface area contributed by atoms with E-state index < -0.39 is 0 Å². The summed E-state index contributed by atoms with van der Waals surface area (Å²) < 4.78 is 2.27. The molecule has 2 N–H and O–H groups in total. The van der Waals surface area contributed by atoms with Crippen LogP contribution in [0.25, 0.3) is 15.9 Å². The summed E-state index contributed by atoms with van der Waals surface area (Å²) in [6, 6.07) is 16.2. The fourth-order valence-corrected chi connectivity index (χ4v) is 3.60. The molecule has 1 aromatic heterocycles. The minimum atomic E-state index is 0.176. The molecule has 0 saturated carbocycles. The van der Waals surface area contributed by atoms with Crippen LogP contribution < -0.4 is 10.6 Å². The summed E-state index contributed by atoms with van der Waals surface area (Å²) in [5, 5.41) is 0. The van der Waals surface area contributed by atoms with E-state index in [1.165, 1.54) is 0 Å². The number of hydrogen-bond acceptors (Lipinski definition) is 3. The summed E-state index contributed by atoms with van der Waals surface area (Å²) >= 11 is 0. The second-order valence-electron chi connectivity index (χ2n) is 7.14. The van der Waals surface area contributed by atoms with Crippen LogP contribution in [0.5, 0.6) is 0 Å². The standard InChI is InChI=1S/C21H23N5/c1-15-11-12-25(14-18(15)22)21-24-19-5-3-4-6-20(19)26(21)13-16-7-9-17(23-2)10-8-16/h3-10,15,18H,11-14,22H2,1H3/t15-,18-/m1/s1. The second-order valence-corrected chi connectivity index (χ2v) is 7.14. The summed E-state index contributed by atoms with van der Waals surface area (Å²) in [5.74, 6) is 1.54. The molecular formula is C21H23N5. The molecule has 5 nitrogen and oxygen atoms in total. The van der Waals surface area contributed by atoms with Gasteiger partial charge in [-0.05, 0) is 30.0 Å². The number of para-hydroxylation sites is 2. The Hall–Kier alpha value is -2.84. The van der Waals surface area contributed by atoms with Gasteiger partial charge < -0.3 is 15.2 Å². The van der Waals surface area contributed by atoms with E-state index >= 15 is 0 Å². The number of benzene rings is 2. The van der Waals surface area contributed by atoms with E-state index in [0.717, 1.165) is 48.6 Å². The van der Waals surface area contributed by atoms with Crippen LogP contribution >= 0.6 is 0 Å². The van der Waals surface area contributed by atoms with Gasteiger partial charge in [0.15, 0.2) is 5.69 Å². The van der Waals surface area contributed by atoms with Crippen molar-refractivity contribution in [2.75, 3.05) is 18.0 Å².